The molecule has 0 radical (unpaired) electrons. The van der Waals surface area contributed by atoms with E-state index in [9.17, 15) is 5.11 Å². The molecule has 25 heavy (non-hydrogen) atoms. The fraction of sp³-hybridized carbons (Fsp3) is 0.722. The number of guanidine groups is 1. The SMILES string of the molecule is CCNC(=NCC1CCCN(C)C1c1cccs1)N1CC[C@@H](O)C1.I. The van der Waals surface area contributed by atoms with Crippen molar-refractivity contribution in [2.24, 2.45) is 10.9 Å². The van der Waals surface area contributed by atoms with Gasteiger partial charge < -0.3 is 15.3 Å². The molecule has 0 aliphatic carbocycles. The molecular formula is C18H31IN4OS. The monoisotopic (exact) mass is 478 g/mol. The molecular weight excluding hydrogens is 447 g/mol. The third-order valence-corrected chi connectivity index (χ3v) is 6.06. The zero-order chi connectivity index (χ0) is 16.9. The Hall–Kier alpha value is -0.380. The molecule has 7 heteroatoms. The second-order valence-electron chi connectivity index (χ2n) is 6.93. The van der Waals surface area contributed by atoms with Crippen LogP contribution in [-0.2, 0) is 0 Å². The van der Waals surface area contributed by atoms with Crippen molar-refractivity contribution in [3.8, 4) is 0 Å². The number of aliphatic imine (C=N–C) groups is 1. The van der Waals surface area contributed by atoms with Crippen molar-refractivity contribution in [3.63, 3.8) is 0 Å². The number of β-amino-alcohol motifs (C(OH)–C–C–N with tert-alkyl or cyclic N) is 1. The van der Waals surface area contributed by atoms with E-state index < -0.39 is 0 Å². The first-order valence-electron chi connectivity index (χ1n) is 9.14. The van der Waals surface area contributed by atoms with Crippen molar-refractivity contribution in [1.29, 1.82) is 0 Å². The molecule has 2 saturated heterocycles. The highest BCUT2D eigenvalue weighted by atomic mass is 127. The Balaban J connectivity index is 0.00000225. The Bertz CT molecular complexity index is 539. The molecule has 3 rings (SSSR count). The van der Waals surface area contributed by atoms with Crippen LogP contribution < -0.4 is 5.32 Å². The van der Waals surface area contributed by atoms with Gasteiger partial charge in [0, 0.05) is 37.1 Å². The summed E-state index contributed by atoms with van der Waals surface area (Å²) in [4.78, 5) is 11.1. The molecule has 2 unspecified atom stereocenters. The van der Waals surface area contributed by atoms with E-state index in [1.807, 2.05) is 11.3 Å². The summed E-state index contributed by atoms with van der Waals surface area (Å²) < 4.78 is 0. The van der Waals surface area contributed by atoms with Crippen molar-refractivity contribution in [2.45, 2.75) is 38.3 Å². The second kappa shape index (κ2) is 10.1. The van der Waals surface area contributed by atoms with Crippen LogP contribution in [-0.4, -0.2) is 66.7 Å². The highest BCUT2D eigenvalue weighted by Crippen LogP contribution is 2.37. The van der Waals surface area contributed by atoms with Gasteiger partial charge in [-0.3, -0.25) is 9.89 Å². The van der Waals surface area contributed by atoms with Gasteiger partial charge in [0.25, 0.3) is 0 Å². The van der Waals surface area contributed by atoms with Crippen LogP contribution in [0.4, 0.5) is 0 Å². The molecule has 0 amide bonds. The number of thiophene rings is 1. The molecule has 1 aromatic heterocycles. The molecule has 0 bridgehead atoms. The third kappa shape index (κ3) is 5.30. The molecule has 0 saturated carbocycles. The predicted molar refractivity (Wildman–Crippen MR) is 116 cm³/mol. The van der Waals surface area contributed by atoms with Gasteiger partial charge in [-0.1, -0.05) is 6.07 Å². The maximum absolute atomic E-state index is 9.81. The van der Waals surface area contributed by atoms with Crippen LogP contribution in [0.2, 0.25) is 0 Å². The van der Waals surface area contributed by atoms with Crippen LogP contribution in [0.1, 0.15) is 37.1 Å². The molecule has 0 aromatic carbocycles. The molecule has 2 aliphatic heterocycles. The van der Waals surface area contributed by atoms with E-state index in [0.717, 1.165) is 32.0 Å². The standard InChI is InChI=1S/C18H30N4OS.HI/c1-3-19-18(22-10-8-15(23)13-22)20-12-14-6-4-9-21(2)17(14)16-7-5-11-24-16;/h5,7,11,14-15,17,23H,3-4,6,8-10,12-13H2,1-2H3,(H,19,20);1H/t14?,15-,17?;/m1./s1. The van der Waals surface area contributed by atoms with Crippen LogP contribution in [0, 0.1) is 5.92 Å². The van der Waals surface area contributed by atoms with Crippen LogP contribution in [0.3, 0.4) is 0 Å². The molecule has 3 heterocycles. The van der Waals surface area contributed by atoms with E-state index in [1.54, 1.807) is 0 Å². The molecule has 1 aromatic rings. The molecule has 2 fully saturated rings. The van der Waals surface area contributed by atoms with Gasteiger partial charge in [-0.05, 0) is 57.1 Å². The van der Waals surface area contributed by atoms with E-state index in [0.29, 0.717) is 18.5 Å². The summed E-state index contributed by atoms with van der Waals surface area (Å²) in [7, 11) is 2.24. The Morgan fingerprint density at radius 1 is 1.40 bits per heavy atom. The Labute approximate surface area is 172 Å². The number of piperidine rings is 1. The number of nitrogens with one attached hydrogen (secondary N) is 1. The lowest BCUT2D eigenvalue weighted by Crippen LogP contribution is -2.42. The summed E-state index contributed by atoms with van der Waals surface area (Å²) in [6.45, 7) is 6.58. The zero-order valence-electron chi connectivity index (χ0n) is 15.2. The number of aliphatic hydroxyl groups excluding tert-OH is 1. The minimum Gasteiger partial charge on any atom is -0.391 e. The average Bonchev–Trinajstić information content (AvgIpc) is 3.23. The van der Waals surface area contributed by atoms with Gasteiger partial charge in [0.05, 0.1) is 6.10 Å². The molecule has 2 N–H and O–H groups in total. The minimum atomic E-state index is -0.214. The maximum atomic E-state index is 9.81. The van der Waals surface area contributed by atoms with Crippen LogP contribution in [0.15, 0.2) is 22.5 Å². The van der Waals surface area contributed by atoms with Crippen molar-refractivity contribution < 1.29 is 5.11 Å². The zero-order valence-corrected chi connectivity index (χ0v) is 18.4. The number of rotatable bonds is 4. The van der Waals surface area contributed by atoms with Gasteiger partial charge in [-0.2, -0.15) is 0 Å². The average molecular weight is 478 g/mol. The highest BCUT2D eigenvalue weighted by molar-refractivity contribution is 14.0. The lowest BCUT2D eigenvalue weighted by atomic mass is 9.88. The van der Waals surface area contributed by atoms with E-state index in [4.69, 9.17) is 4.99 Å². The van der Waals surface area contributed by atoms with Crippen molar-refractivity contribution in [2.75, 3.05) is 39.8 Å². The molecule has 5 nitrogen and oxygen atoms in total. The first-order valence-corrected chi connectivity index (χ1v) is 10.0. The van der Waals surface area contributed by atoms with Crippen molar-refractivity contribution in [3.05, 3.63) is 22.4 Å². The van der Waals surface area contributed by atoms with Gasteiger partial charge in [0.15, 0.2) is 5.96 Å². The fourth-order valence-electron chi connectivity index (χ4n) is 3.92. The van der Waals surface area contributed by atoms with Crippen LogP contribution >= 0.6 is 35.3 Å². The first kappa shape index (κ1) is 20.9. The summed E-state index contributed by atoms with van der Waals surface area (Å²) in [5, 5.41) is 15.4. The quantitative estimate of drug-likeness (QED) is 0.397. The van der Waals surface area contributed by atoms with Gasteiger partial charge in [-0.15, -0.1) is 35.3 Å². The largest absolute Gasteiger partial charge is 0.391 e. The maximum Gasteiger partial charge on any atom is 0.194 e. The minimum absolute atomic E-state index is 0. The second-order valence-corrected chi connectivity index (χ2v) is 7.91. The lowest BCUT2D eigenvalue weighted by Gasteiger charge is -2.38. The summed E-state index contributed by atoms with van der Waals surface area (Å²) in [6.07, 6.45) is 3.11. The van der Waals surface area contributed by atoms with Gasteiger partial charge in [-0.25, -0.2) is 0 Å². The summed E-state index contributed by atoms with van der Waals surface area (Å²) in [6, 6.07) is 4.89. The Morgan fingerprint density at radius 2 is 2.24 bits per heavy atom. The van der Waals surface area contributed by atoms with Crippen molar-refractivity contribution >= 4 is 41.3 Å². The summed E-state index contributed by atoms with van der Waals surface area (Å²) in [5.41, 5.74) is 0. The fourth-order valence-corrected chi connectivity index (χ4v) is 4.91. The van der Waals surface area contributed by atoms with E-state index >= 15 is 0 Å². The van der Waals surface area contributed by atoms with Gasteiger partial charge in [0.1, 0.15) is 0 Å². The topological polar surface area (TPSA) is 51.1 Å². The molecule has 3 atom stereocenters. The lowest BCUT2D eigenvalue weighted by molar-refractivity contribution is 0.128. The van der Waals surface area contributed by atoms with Gasteiger partial charge >= 0.3 is 0 Å². The molecule has 2 aliphatic rings. The Morgan fingerprint density at radius 3 is 2.88 bits per heavy atom. The predicted octanol–water partition coefficient (Wildman–Crippen LogP) is 2.78. The number of hydrogen-bond acceptors (Lipinski definition) is 4. The van der Waals surface area contributed by atoms with Crippen LogP contribution in [0.25, 0.3) is 0 Å². The molecule has 142 valence electrons. The number of aliphatic hydroxyl groups is 1. The van der Waals surface area contributed by atoms with Crippen molar-refractivity contribution in [1.82, 2.24) is 15.1 Å². The first-order chi connectivity index (χ1) is 11.7. The summed E-state index contributed by atoms with van der Waals surface area (Å²) >= 11 is 1.86. The number of hydrogen-bond donors (Lipinski definition) is 2. The van der Waals surface area contributed by atoms with Crippen LogP contribution in [0.5, 0.6) is 0 Å². The van der Waals surface area contributed by atoms with Gasteiger partial charge in [0.2, 0.25) is 0 Å². The smallest absolute Gasteiger partial charge is 0.194 e. The summed E-state index contributed by atoms with van der Waals surface area (Å²) in [5.74, 6) is 1.52. The Kier molecular flexibility index (Phi) is 8.44. The third-order valence-electron chi connectivity index (χ3n) is 5.12. The van der Waals surface area contributed by atoms with E-state index in [-0.39, 0.29) is 30.1 Å². The molecule has 0 spiro atoms. The van der Waals surface area contributed by atoms with E-state index in [1.165, 1.54) is 24.3 Å². The normalized spacial score (nSPS) is 28.0. The van der Waals surface area contributed by atoms with E-state index in [2.05, 4.69) is 46.6 Å². The number of nitrogens with zero attached hydrogens (tertiary/aromatic N) is 3. The number of halogens is 1. The highest BCUT2D eigenvalue weighted by Gasteiger charge is 2.31. The number of likely N-dealkylation sites (tertiary alicyclic amines) is 2.